The van der Waals surface area contributed by atoms with Crippen LogP contribution in [0.1, 0.15) is 68.1 Å². The predicted octanol–water partition coefficient (Wildman–Crippen LogP) is 3.91. The summed E-state index contributed by atoms with van der Waals surface area (Å²) in [5.74, 6) is 0.484. The Balaban J connectivity index is 1.02. The van der Waals surface area contributed by atoms with Gasteiger partial charge in [-0.15, -0.1) is 0 Å². The molecule has 9 heteroatoms. The molecule has 2 amide bonds. The van der Waals surface area contributed by atoms with Crippen molar-refractivity contribution in [1.29, 1.82) is 5.26 Å². The summed E-state index contributed by atoms with van der Waals surface area (Å²) in [7, 11) is 0. The molecule has 5 rings (SSSR count). The van der Waals surface area contributed by atoms with Gasteiger partial charge in [0.05, 0.1) is 18.7 Å². The number of carbonyl (C=O) groups is 3. The molecular weight excluding hydrogens is 500 g/mol. The molecule has 1 aromatic rings. The fourth-order valence-corrected chi connectivity index (χ4v) is 7.71. The number of ether oxygens (including phenoxy) is 1. The number of nitrogens with one attached hydrogen (secondary N) is 2. The van der Waals surface area contributed by atoms with E-state index in [0.717, 1.165) is 69.4 Å². The SMILES string of the molecule is N#C/C(=C\c1cc2c3c(c1)CCCN3CCC2)C(=O)OCCCC(=O)CCCCC1SCC2NC(=O)NC21. The molecule has 4 aliphatic rings. The first-order valence-electron chi connectivity index (χ1n) is 13.9. The molecule has 3 unspecified atom stereocenters. The molecule has 4 heterocycles. The van der Waals surface area contributed by atoms with Gasteiger partial charge < -0.3 is 20.3 Å². The summed E-state index contributed by atoms with van der Waals surface area (Å²) >= 11 is 1.89. The highest BCUT2D eigenvalue weighted by Crippen LogP contribution is 2.36. The van der Waals surface area contributed by atoms with E-state index in [1.807, 2.05) is 17.8 Å². The van der Waals surface area contributed by atoms with E-state index in [2.05, 4.69) is 27.7 Å². The molecule has 8 nitrogen and oxygen atoms in total. The number of anilines is 1. The van der Waals surface area contributed by atoms with Crippen molar-refractivity contribution < 1.29 is 19.1 Å². The third-order valence-electron chi connectivity index (χ3n) is 7.97. The molecule has 0 aliphatic carbocycles. The molecule has 0 bridgehead atoms. The fourth-order valence-electron chi connectivity index (χ4n) is 6.16. The van der Waals surface area contributed by atoms with E-state index >= 15 is 0 Å². The lowest BCUT2D eigenvalue weighted by atomic mass is 9.90. The molecule has 202 valence electrons. The number of aryl methyl sites for hydroxylation is 2. The number of esters is 1. The van der Waals surface area contributed by atoms with Crippen LogP contribution >= 0.6 is 11.8 Å². The van der Waals surface area contributed by atoms with Crippen molar-refractivity contribution in [3.8, 4) is 6.07 Å². The van der Waals surface area contributed by atoms with Crippen molar-refractivity contribution in [3.05, 3.63) is 34.4 Å². The third-order valence-corrected chi connectivity index (χ3v) is 9.48. The lowest BCUT2D eigenvalue weighted by Crippen LogP contribution is -2.36. The van der Waals surface area contributed by atoms with Crippen LogP contribution in [0.3, 0.4) is 0 Å². The summed E-state index contributed by atoms with van der Waals surface area (Å²) in [4.78, 5) is 38.7. The van der Waals surface area contributed by atoms with Crippen LogP contribution in [0.25, 0.3) is 6.08 Å². The molecule has 0 radical (unpaired) electrons. The number of nitrogens with zero attached hydrogens (tertiary/aromatic N) is 2. The summed E-state index contributed by atoms with van der Waals surface area (Å²) in [5, 5.41) is 15.9. The van der Waals surface area contributed by atoms with Crippen LogP contribution in [0.4, 0.5) is 10.5 Å². The number of hydrogen-bond donors (Lipinski definition) is 2. The normalized spacial score (nSPS) is 23.7. The Morgan fingerprint density at radius 1 is 1.11 bits per heavy atom. The Morgan fingerprint density at radius 3 is 2.58 bits per heavy atom. The number of thioether (sulfide) groups is 1. The summed E-state index contributed by atoms with van der Waals surface area (Å²) in [6, 6.07) is 6.56. The fraction of sp³-hybridized carbons (Fsp3) is 0.586. The van der Waals surface area contributed by atoms with Gasteiger partial charge in [-0.05, 0) is 79.8 Å². The molecule has 0 saturated carbocycles. The monoisotopic (exact) mass is 536 g/mol. The van der Waals surface area contributed by atoms with Gasteiger partial charge in [-0.3, -0.25) is 4.79 Å². The van der Waals surface area contributed by atoms with E-state index in [1.165, 1.54) is 16.8 Å². The summed E-state index contributed by atoms with van der Waals surface area (Å²) < 4.78 is 5.32. The Kier molecular flexibility index (Phi) is 8.58. The minimum absolute atomic E-state index is 0.00683. The molecule has 3 atom stereocenters. The van der Waals surface area contributed by atoms with E-state index < -0.39 is 5.97 Å². The first-order chi connectivity index (χ1) is 18.5. The number of rotatable bonds is 11. The number of benzene rings is 1. The van der Waals surface area contributed by atoms with Gasteiger partial charge in [-0.2, -0.15) is 17.0 Å². The Labute approximate surface area is 228 Å². The van der Waals surface area contributed by atoms with Crippen LogP contribution in [-0.2, 0) is 27.2 Å². The zero-order chi connectivity index (χ0) is 26.5. The number of unbranched alkanes of at least 4 members (excludes halogenated alkanes) is 1. The van der Waals surface area contributed by atoms with Crippen molar-refractivity contribution in [3.63, 3.8) is 0 Å². The summed E-state index contributed by atoms with van der Waals surface area (Å²) in [6.45, 7) is 2.34. The van der Waals surface area contributed by atoms with Gasteiger partial charge in [-0.1, -0.05) is 6.42 Å². The number of urea groups is 1. The highest BCUT2D eigenvalue weighted by molar-refractivity contribution is 8.00. The molecule has 38 heavy (non-hydrogen) atoms. The number of hydrogen-bond acceptors (Lipinski definition) is 7. The molecule has 0 spiro atoms. The maximum Gasteiger partial charge on any atom is 0.348 e. The third kappa shape index (κ3) is 6.17. The van der Waals surface area contributed by atoms with E-state index in [1.54, 1.807) is 6.08 Å². The first kappa shape index (κ1) is 26.6. The minimum atomic E-state index is -0.631. The predicted molar refractivity (Wildman–Crippen MR) is 148 cm³/mol. The first-order valence-corrected chi connectivity index (χ1v) is 15.0. The Hall–Kier alpha value is -2.99. The number of ketones is 1. The van der Waals surface area contributed by atoms with Crippen LogP contribution in [0, 0.1) is 11.3 Å². The maximum absolute atomic E-state index is 12.5. The molecule has 2 fully saturated rings. The Morgan fingerprint density at radius 2 is 1.84 bits per heavy atom. The van der Waals surface area contributed by atoms with Crippen molar-refractivity contribution in [1.82, 2.24) is 10.6 Å². The van der Waals surface area contributed by atoms with Gasteiger partial charge in [-0.25, -0.2) is 9.59 Å². The topological polar surface area (TPSA) is 112 Å². The van der Waals surface area contributed by atoms with Crippen molar-refractivity contribution in [2.45, 2.75) is 81.5 Å². The lowest BCUT2D eigenvalue weighted by Gasteiger charge is -2.37. The van der Waals surface area contributed by atoms with Gasteiger partial charge >= 0.3 is 12.0 Å². The van der Waals surface area contributed by atoms with Crippen LogP contribution in [0.15, 0.2) is 17.7 Å². The quantitative estimate of drug-likeness (QED) is 0.145. The largest absolute Gasteiger partial charge is 0.462 e. The van der Waals surface area contributed by atoms with Gasteiger partial charge in [0.25, 0.3) is 0 Å². The molecule has 2 N–H and O–H groups in total. The van der Waals surface area contributed by atoms with E-state index in [-0.39, 0.29) is 36.1 Å². The van der Waals surface area contributed by atoms with Crippen molar-refractivity contribution >= 4 is 41.3 Å². The highest BCUT2D eigenvalue weighted by Gasteiger charge is 2.42. The number of carbonyl (C=O) groups excluding carboxylic acids is 3. The highest BCUT2D eigenvalue weighted by atomic mass is 32.2. The van der Waals surface area contributed by atoms with Crippen LogP contribution in [0.2, 0.25) is 0 Å². The Bertz CT molecular complexity index is 1130. The van der Waals surface area contributed by atoms with Gasteiger partial charge in [0.1, 0.15) is 17.4 Å². The van der Waals surface area contributed by atoms with Crippen LogP contribution in [-0.4, -0.2) is 60.6 Å². The second-order valence-corrected chi connectivity index (χ2v) is 12.0. The van der Waals surface area contributed by atoms with Gasteiger partial charge in [0.15, 0.2) is 0 Å². The molecule has 4 aliphatic heterocycles. The van der Waals surface area contributed by atoms with Crippen molar-refractivity contribution in [2.75, 3.05) is 30.3 Å². The van der Waals surface area contributed by atoms with Crippen LogP contribution in [0.5, 0.6) is 0 Å². The van der Waals surface area contributed by atoms with E-state index in [9.17, 15) is 19.6 Å². The number of amides is 2. The van der Waals surface area contributed by atoms with E-state index in [4.69, 9.17) is 4.74 Å². The zero-order valence-electron chi connectivity index (χ0n) is 21.8. The second kappa shape index (κ2) is 12.2. The maximum atomic E-state index is 12.5. The minimum Gasteiger partial charge on any atom is -0.462 e. The molecule has 2 saturated heterocycles. The molecule has 1 aromatic carbocycles. The van der Waals surface area contributed by atoms with E-state index in [0.29, 0.717) is 24.5 Å². The smallest absolute Gasteiger partial charge is 0.348 e. The standard InChI is InChI=1S/C29H36N4O4S/c30-17-22(16-19-14-20-6-3-11-33-12-4-7-21(15-19)27(20)33)28(35)37-13-5-9-23(34)8-1-2-10-25-26-24(18-38-25)31-29(36)32-26/h14-16,24-26H,1-13,18H2,(H2,31,32,36)/b22-16+. The van der Waals surface area contributed by atoms with Crippen molar-refractivity contribution in [2.24, 2.45) is 0 Å². The summed E-state index contributed by atoms with van der Waals surface area (Å²) in [6.07, 6.45) is 10.1. The van der Waals surface area contributed by atoms with Gasteiger partial charge in [0, 0.05) is 42.6 Å². The summed E-state index contributed by atoms with van der Waals surface area (Å²) in [5.41, 5.74) is 4.84. The lowest BCUT2D eigenvalue weighted by molar-refractivity contribution is -0.139. The zero-order valence-corrected chi connectivity index (χ0v) is 22.6. The second-order valence-electron chi connectivity index (χ2n) is 10.7. The average molecular weight is 537 g/mol. The molecular formula is C29H36N4O4S. The average Bonchev–Trinajstić information content (AvgIpc) is 3.47. The van der Waals surface area contributed by atoms with Crippen LogP contribution < -0.4 is 15.5 Å². The molecule has 0 aromatic heterocycles. The number of nitriles is 1. The van der Waals surface area contributed by atoms with Gasteiger partial charge in [0.2, 0.25) is 0 Å². The number of fused-ring (bicyclic) bond motifs is 1. The number of Topliss-reactive ketones (excluding diaryl/α,β-unsaturated/α-hetero) is 1.